The number of hydrogen-bond acceptors (Lipinski definition) is 2. The van der Waals surface area contributed by atoms with E-state index in [0.29, 0.717) is 6.61 Å². The van der Waals surface area contributed by atoms with Gasteiger partial charge in [0.1, 0.15) is 0 Å². The summed E-state index contributed by atoms with van der Waals surface area (Å²) in [6.45, 7) is 3.48. The molecule has 0 amide bonds. The molecule has 0 bridgehead atoms. The van der Waals surface area contributed by atoms with Crippen LogP contribution in [-0.2, 0) is 0 Å². The smallest absolute Gasteiger partial charge is 0.0443 e. The van der Waals surface area contributed by atoms with Gasteiger partial charge in [0, 0.05) is 6.61 Å². The van der Waals surface area contributed by atoms with E-state index in [4.69, 9.17) is 5.11 Å². The Morgan fingerprint density at radius 3 is 2.07 bits per heavy atom. The Balaban J connectivity index is 0.000000265. The van der Waals surface area contributed by atoms with Gasteiger partial charge in [0.15, 0.2) is 0 Å². The molecule has 0 aliphatic rings. The van der Waals surface area contributed by atoms with Crippen LogP contribution in [0.2, 0.25) is 0 Å². The molecule has 1 aromatic carbocycles. The number of hydrogen-bond donors (Lipinski definition) is 1. The van der Waals surface area contributed by atoms with Crippen LogP contribution in [0.25, 0.3) is 0 Å². The lowest BCUT2D eigenvalue weighted by molar-refractivity contribution is 0.263. The van der Waals surface area contributed by atoms with Crippen molar-refractivity contribution in [2.45, 2.75) is 6.42 Å². The van der Waals surface area contributed by atoms with Gasteiger partial charge in [-0.2, -0.15) is 0 Å². The molecular formula is C12H22NOP. The molecule has 1 aromatic rings. The topological polar surface area (TPSA) is 23.5 Å². The van der Waals surface area contributed by atoms with Crippen LogP contribution in [0.1, 0.15) is 6.42 Å². The van der Waals surface area contributed by atoms with Crippen LogP contribution < -0.4 is 5.30 Å². The molecule has 2 nitrogen and oxygen atoms in total. The minimum absolute atomic E-state index is 0.304. The first-order valence-electron chi connectivity index (χ1n) is 5.19. The van der Waals surface area contributed by atoms with Crippen molar-refractivity contribution >= 4 is 13.9 Å². The Labute approximate surface area is 95.1 Å². The lowest BCUT2D eigenvalue weighted by atomic mass is 10.4. The van der Waals surface area contributed by atoms with E-state index in [2.05, 4.69) is 35.8 Å². The number of benzene rings is 1. The predicted octanol–water partition coefficient (Wildman–Crippen LogP) is 1.55. The van der Waals surface area contributed by atoms with Crippen LogP contribution in [0.3, 0.4) is 0 Å². The Hall–Kier alpha value is -0.430. The first-order valence-corrected chi connectivity index (χ1v) is 6.69. The third kappa shape index (κ3) is 9.86. The van der Waals surface area contributed by atoms with Crippen molar-refractivity contribution in [2.24, 2.45) is 0 Å². The van der Waals surface area contributed by atoms with E-state index in [0.717, 1.165) is 21.5 Å². The van der Waals surface area contributed by atoms with E-state index < -0.39 is 0 Å². The van der Waals surface area contributed by atoms with Crippen LogP contribution in [0, 0.1) is 0 Å². The third-order valence-electron chi connectivity index (χ3n) is 1.83. The molecule has 86 valence electrons. The molecule has 0 aliphatic carbocycles. The lowest BCUT2D eigenvalue weighted by Crippen LogP contribution is -2.13. The Kier molecular flexibility index (Phi) is 9.81. The molecule has 0 saturated carbocycles. The second-order valence-electron chi connectivity index (χ2n) is 3.50. The highest BCUT2D eigenvalue weighted by Gasteiger charge is 1.84. The van der Waals surface area contributed by atoms with E-state index in [1.165, 1.54) is 5.30 Å². The fourth-order valence-corrected chi connectivity index (χ4v) is 1.52. The van der Waals surface area contributed by atoms with E-state index in [1.54, 1.807) is 0 Å². The molecule has 3 heteroatoms. The molecule has 1 rings (SSSR count). The molecule has 0 aromatic heterocycles. The second kappa shape index (κ2) is 10.1. The van der Waals surface area contributed by atoms with Crippen LogP contribution in [0.5, 0.6) is 0 Å². The van der Waals surface area contributed by atoms with Gasteiger partial charge in [0.25, 0.3) is 0 Å². The monoisotopic (exact) mass is 227 g/mol. The predicted molar refractivity (Wildman–Crippen MR) is 70.6 cm³/mol. The maximum atomic E-state index is 8.29. The highest BCUT2D eigenvalue weighted by Crippen LogP contribution is 2.00. The average molecular weight is 227 g/mol. The van der Waals surface area contributed by atoms with E-state index >= 15 is 0 Å². The summed E-state index contributed by atoms with van der Waals surface area (Å²) in [5.74, 6) is 0. The maximum Gasteiger partial charge on any atom is 0.0443 e. The largest absolute Gasteiger partial charge is 0.396 e. The number of aliphatic hydroxyl groups is 1. The summed E-state index contributed by atoms with van der Waals surface area (Å²) in [6.07, 6.45) is 0.882. The highest BCUT2D eigenvalue weighted by molar-refractivity contribution is 7.46. The molecule has 0 spiro atoms. The summed E-state index contributed by atoms with van der Waals surface area (Å²) >= 11 is 0. The van der Waals surface area contributed by atoms with E-state index in [1.807, 2.05) is 20.2 Å². The maximum absolute atomic E-state index is 8.29. The van der Waals surface area contributed by atoms with Crippen molar-refractivity contribution < 1.29 is 5.11 Å². The molecule has 0 fully saturated rings. The SMILES string of the molecule is CN(C)CCCO.CPc1ccccc1. The second-order valence-corrected chi connectivity index (χ2v) is 4.57. The third-order valence-corrected chi connectivity index (χ3v) is 2.74. The van der Waals surface area contributed by atoms with Crippen LogP contribution in [0.4, 0.5) is 0 Å². The highest BCUT2D eigenvalue weighted by atomic mass is 31.1. The fraction of sp³-hybridized carbons (Fsp3) is 0.500. The zero-order valence-electron chi connectivity index (χ0n) is 9.90. The standard InChI is InChI=1S/C7H9P.C5H13NO/c1-8-7-5-3-2-4-6-7;1-6(2)4-3-5-7/h2-6,8H,1H3;7H,3-5H2,1-2H3. The Bertz CT molecular complexity index is 226. The lowest BCUT2D eigenvalue weighted by Gasteiger charge is -2.05. The summed E-state index contributed by atoms with van der Waals surface area (Å²) in [4.78, 5) is 2.05. The van der Waals surface area contributed by atoms with Crippen LogP contribution in [0.15, 0.2) is 30.3 Å². The zero-order valence-corrected chi connectivity index (χ0v) is 10.9. The zero-order chi connectivity index (χ0) is 11.5. The Morgan fingerprint density at radius 1 is 1.20 bits per heavy atom. The average Bonchev–Trinajstić information content (AvgIpc) is 2.28. The van der Waals surface area contributed by atoms with Gasteiger partial charge in [-0.3, -0.25) is 0 Å². The van der Waals surface area contributed by atoms with Gasteiger partial charge >= 0.3 is 0 Å². The van der Waals surface area contributed by atoms with Crippen molar-refractivity contribution in [3.63, 3.8) is 0 Å². The van der Waals surface area contributed by atoms with Gasteiger partial charge in [-0.1, -0.05) is 38.9 Å². The summed E-state index contributed by atoms with van der Waals surface area (Å²) < 4.78 is 0. The molecule has 1 N–H and O–H groups in total. The van der Waals surface area contributed by atoms with Crippen LogP contribution in [-0.4, -0.2) is 43.9 Å². The minimum Gasteiger partial charge on any atom is -0.396 e. The fourth-order valence-electron chi connectivity index (χ4n) is 0.992. The quantitative estimate of drug-likeness (QED) is 0.789. The number of rotatable bonds is 4. The van der Waals surface area contributed by atoms with Crippen molar-refractivity contribution in [1.29, 1.82) is 0 Å². The number of nitrogens with zero attached hydrogens (tertiary/aromatic N) is 1. The van der Waals surface area contributed by atoms with Crippen molar-refractivity contribution in [2.75, 3.05) is 33.9 Å². The molecule has 0 heterocycles. The first-order chi connectivity index (χ1) is 7.20. The molecule has 0 radical (unpaired) electrons. The van der Waals surface area contributed by atoms with Crippen molar-refractivity contribution in [3.8, 4) is 0 Å². The van der Waals surface area contributed by atoms with E-state index in [9.17, 15) is 0 Å². The van der Waals surface area contributed by atoms with Gasteiger partial charge in [-0.05, 0) is 39.0 Å². The first kappa shape index (κ1) is 14.6. The molecule has 0 saturated heterocycles. The van der Waals surface area contributed by atoms with E-state index in [-0.39, 0.29) is 0 Å². The molecule has 1 unspecified atom stereocenters. The summed E-state index contributed by atoms with van der Waals surface area (Å²) in [7, 11) is 4.92. The Morgan fingerprint density at radius 2 is 1.80 bits per heavy atom. The summed E-state index contributed by atoms with van der Waals surface area (Å²) in [5, 5.41) is 9.73. The summed E-state index contributed by atoms with van der Waals surface area (Å²) in [6, 6.07) is 10.5. The number of aliphatic hydroxyl groups excluding tert-OH is 1. The summed E-state index contributed by atoms with van der Waals surface area (Å²) in [5.41, 5.74) is 0. The van der Waals surface area contributed by atoms with Gasteiger partial charge < -0.3 is 10.0 Å². The van der Waals surface area contributed by atoms with Gasteiger partial charge in [-0.25, -0.2) is 0 Å². The van der Waals surface area contributed by atoms with Crippen LogP contribution >= 0.6 is 8.58 Å². The van der Waals surface area contributed by atoms with Crippen molar-refractivity contribution in [3.05, 3.63) is 30.3 Å². The van der Waals surface area contributed by atoms with Crippen molar-refractivity contribution in [1.82, 2.24) is 4.90 Å². The van der Waals surface area contributed by atoms with Gasteiger partial charge in [0.2, 0.25) is 0 Å². The molecule has 0 aliphatic heterocycles. The molecular weight excluding hydrogens is 205 g/mol. The minimum atomic E-state index is 0.304. The van der Waals surface area contributed by atoms with Gasteiger partial charge in [0.05, 0.1) is 0 Å². The molecule has 15 heavy (non-hydrogen) atoms. The normalized spacial score (nSPS) is 10.5. The molecule has 1 atom stereocenters. The van der Waals surface area contributed by atoms with Gasteiger partial charge in [-0.15, -0.1) is 0 Å².